The van der Waals surface area contributed by atoms with Gasteiger partial charge in [0.15, 0.2) is 0 Å². The highest BCUT2D eigenvalue weighted by Crippen LogP contribution is 2.18. The maximum atomic E-state index is 5.74. The van der Waals surface area contributed by atoms with E-state index in [1.807, 2.05) is 18.3 Å². The molecule has 0 saturated carbocycles. The van der Waals surface area contributed by atoms with Crippen LogP contribution < -0.4 is 5.73 Å². The number of hydrogen-bond donors (Lipinski definition) is 1. The minimum absolute atomic E-state index is 0.491. The van der Waals surface area contributed by atoms with Crippen LogP contribution in [0.1, 0.15) is 28.9 Å². The van der Waals surface area contributed by atoms with Crippen molar-refractivity contribution in [3.63, 3.8) is 0 Å². The molecule has 2 aromatic heterocycles. The summed E-state index contributed by atoms with van der Waals surface area (Å²) < 4.78 is 5.74. The molecule has 2 aromatic rings. The van der Waals surface area contributed by atoms with Crippen LogP contribution in [0.25, 0.3) is 0 Å². The lowest BCUT2D eigenvalue weighted by Gasteiger charge is -2.23. The fourth-order valence-corrected chi connectivity index (χ4v) is 2.97. The Labute approximate surface area is 119 Å². The van der Waals surface area contributed by atoms with Gasteiger partial charge in [0, 0.05) is 23.0 Å². The average molecular weight is 278 g/mol. The maximum absolute atomic E-state index is 5.74. The lowest BCUT2D eigenvalue weighted by atomic mass is 10.2. The summed E-state index contributed by atoms with van der Waals surface area (Å²) in [7, 11) is 2.14. The van der Waals surface area contributed by atoms with Crippen LogP contribution in [0, 0.1) is 6.92 Å². The third kappa shape index (κ3) is 3.69. The summed E-state index contributed by atoms with van der Waals surface area (Å²) in [6.45, 7) is 5.59. The van der Waals surface area contributed by atoms with Crippen LogP contribution in [-0.4, -0.2) is 18.0 Å². The zero-order valence-corrected chi connectivity index (χ0v) is 12.7. The fraction of sp³-hybridized carbons (Fsp3) is 0.467. The minimum atomic E-state index is 0.491. The van der Waals surface area contributed by atoms with E-state index >= 15 is 0 Å². The van der Waals surface area contributed by atoms with Crippen molar-refractivity contribution in [2.75, 3.05) is 7.05 Å². The smallest absolute Gasteiger partial charge is 0.118 e. The third-order valence-corrected chi connectivity index (χ3v) is 4.42. The van der Waals surface area contributed by atoms with Crippen molar-refractivity contribution in [1.29, 1.82) is 0 Å². The molecule has 3 nitrogen and oxygen atoms in total. The van der Waals surface area contributed by atoms with Crippen molar-refractivity contribution >= 4 is 11.3 Å². The molecule has 0 fully saturated rings. The molecule has 2 rings (SSSR count). The molecule has 0 amide bonds. The number of rotatable bonds is 6. The van der Waals surface area contributed by atoms with Gasteiger partial charge in [0.2, 0.25) is 0 Å². The minimum Gasteiger partial charge on any atom is -0.465 e. The van der Waals surface area contributed by atoms with Gasteiger partial charge in [-0.1, -0.05) is 6.07 Å². The highest BCUT2D eigenvalue weighted by Gasteiger charge is 2.14. The number of hydrogen-bond acceptors (Lipinski definition) is 4. The monoisotopic (exact) mass is 278 g/mol. The molecule has 0 bridgehead atoms. The normalized spacial score (nSPS) is 13.1. The van der Waals surface area contributed by atoms with Gasteiger partial charge in [0.1, 0.15) is 11.5 Å². The van der Waals surface area contributed by atoms with E-state index in [0.717, 1.165) is 30.0 Å². The number of aryl methyl sites for hydroxylation is 1. The Morgan fingerprint density at radius 3 is 2.84 bits per heavy atom. The van der Waals surface area contributed by atoms with Crippen LogP contribution in [0.15, 0.2) is 28.0 Å². The Hall–Kier alpha value is -1.10. The van der Waals surface area contributed by atoms with Crippen molar-refractivity contribution in [3.8, 4) is 0 Å². The number of furan rings is 1. The van der Waals surface area contributed by atoms with Gasteiger partial charge in [-0.05, 0) is 44.8 Å². The van der Waals surface area contributed by atoms with Crippen LogP contribution in [0.5, 0.6) is 0 Å². The first-order chi connectivity index (χ1) is 9.10. The van der Waals surface area contributed by atoms with Crippen LogP contribution in [0.4, 0.5) is 0 Å². The molecule has 0 spiro atoms. The van der Waals surface area contributed by atoms with E-state index in [2.05, 4.69) is 42.5 Å². The van der Waals surface area contributed by atoms with Gasteiger partial charge in [-0.3, -0.25) is 4.90 Å². The maximum Gasteiger partial charge on any atom is 0.118 e. The summed E-state index contributed by atoms with van der Waals surface area (Å²) >= 11 is 1.82. The molecule has 1 unspecified atom stereocenters. The van der Waals surface area contributed by atoms with E-state index in [9.17, 15) is 0 Å². The molecule has 0 aliphatic rings. The zero-order chi connectivity index (χ0) is 13.8. The van der Waals surface area contributed by atoms with E-state index in [-0.39, 0.29) is 0 Å². The predicted octanol–water partition coefficient (Wildman–Crippen LogP) is 3.17. The first-order valence-electron chi connectivity index (χ1n) is 6.61. The summed E-state index contributed by atoms with van der Waals surface area (Å²) in [4.78, 5) is 3.75. The number of nitrogens with two attached hydrogens (primary N) is 1. The highest BCUT2D eigenvalue weighted by atomic mass is 32.1. The molecule has 1 atom stereocenters. The molecule has 104 valence electrons. The SMILES string of the molecule is Cc1oc(CN(C)C(C)Cc2cccs2)cc1CN. The highest BCUT2D eigenvalue weighted by molar-refractivity contribution is 7.09. The Morgan fingerprint density at radius 2 is 2.26 bits per heavy atom. The van der Waals surface area contributed by atoms with Gasteiger partial charge < -0.3 is 10.2 Å². The van der Waals surface area contributed by atoms with E-state index in [0.29, 0.717) is 12.6 Å². The fourth-order valence-electron chi connectivity index (χ4n) is 2.15. The molecule has 2 N–H and O–H groups in total. The van der Waals surface area contributed by atoms with E-state index in [1.54, 1.807) is 0 Å². The second-order valence-electron chi connectivity index (χ2n) is 5.05. The first-order valence-corrected chi connectivity index (χ1v) is 7.49. The summed E-state index contributed by atoms with van der Waals surface area (Å²) in [6.07, 6.45) is 1.08. The molecule has 0 saturated heterocycles. The zero-order valence-electron chi connectivity index (χ0n) is 11.8. The van der Waals surface area contributed by atoms with E-state index in [1.165, 1.54) is 4.88 Å². The largest absolute Gasteiger partial charge is 0.465 e. The average Bonchev–Trinajstić information content (AvgIpc) is 2.98. The summed E-state index contributed by atoms with van der Waals surface area (Å²) in [5, 5.41) is 2.13. The summed E-state index contributed by atoms with van der Waals surface area (Å²) in [5.74, 6) is 1.94. The van der Waals surface area contributed by atoms with Gasteiger partial charge in [0.05, 0.1) is 6.54 Å². The van der Waals surface area contributed by atoms with Gasteiger partial charge in [-0.15, -0.1) is 11.3 Å². The number of nitrogens with zero attached hydrogens (tertiary/aromatic N) is 1. The lowest BCUT2D eigenvalue weighted by molar-refractivity contribution is 0.228. The molecule has 0 aliphatic heterocycles. The second-order valence-corrected chi connectivity index (χ2v) is 6.08. The van der Waals surface area contributed by atoms with Gasteiger partial charge in [-0.25, -0.2) is 0 Å². The molecule has 0 aromatic carbocycles. The van der Waals surface area contributed by atoms with Crippen LogP contribution >= 0.6 is 11.3 Å². The van der Waals surface area contributed by atoms with E-state index < -0.39 is 0 Å². The van der Waals surface area contributed by atoms with Crippen molar-refractivity contribution in [1.82, 2.24) is 4.90 Å². The predicted molar refractivity (Wildman–Crippen MR) is 80.3 cm³/mol. The molecule has 19 heavy (non-hydrogen) atoms. The molecule has 0 radical (unpaired) electrons. The Kier molecular flexibility index (Phi) is 4.80. The molecule has 0 aliphatic carbocycles. The number of likely N-dealkylation sites (N-methyl/N-ethyl adjacent to an activating group) is 1. The molecular weight excluding hydrogens is 256 g/mol. The topological polar surface area (TPSA) is 42.4 Å². The van der Waals surface area contributed by atoms with Crippen LogP contribution in [-0.2, 0) is 19.5 Å². The Morgan fingerprint density at radius 1 is 1.47 bits per heavy atom. The standard InChI is InChI=1S/C15H22N2OS/c1-11(7-15-5-4-6-19-15)17(3)10-14-8-13(9-16)12(2)18-14/h4-6,8,11H,7,9-10,16H2,1-3H3. The van der Waals surface area contributed by atoms with Crippen molar-refractivity contribution in [2.24, 2.45) is 5.73 Å². The lowest BCUT2D eigenvalue weighted by Crippen LogP contribution is -2.30. The molecular formula is C15H22N2OS. The van der Waals surface area contributed by atoms with Gasteiger partial charge in [0.25, 0.3) is 0 Å². The third-order valence-electron chi connectivity index (χ3n) is 3.53. The quantitative estimate of drug-likeness (QED) is 0.882. The van der Waals surface area contributed by atoms with Crippen LogP contribution in [0.3, 0.4) is 0 Å². The second kappa shape index (κ2) is 6.37. The Bertz CT molecular complexity index is 504. The van der Waals surface area contributed by atoms with E-state index in [4.69, 9.17) is 10.2 Å². The first kappa shape index (κ1) is 14.3. The van der Waals surface area contributed by atoms with Gasteiger partial charge >= 0.3 is 0 Å². The van der Waals surface area contributed by atoms with Crippen LogP contribution in [0.2, 0.25) is 0 Å². The van der Waals surface area contributed by atoms with Crippen molar-refractivity contribution < 1.29 is 4.42 Å². The molecule has 2 heterocycles. The Balaban J connectivity index is 1.93. The number of thiophene rings is 1. The van der Waals surface area contributed by atoms with Crippen molar-refractivity contribution in [3.05, 3.63) is 45.5 Å². The summed E-state index contributed by atoms with van der Waals surface area (Å²) in [5.41, 5.74) is 6.78. The molecule has 4 heteroatoms. The summed E-state index contributed by atoms with van der Waals surface area (Å²) in [6, 6.07) is 6.86. The van der Waals surface area contributed by atoms with Gasteiger partial charge in [-0.2, -0.15) is 0 Å². The van der Waals surface area contributed by atoms with Crippen molar-refractivity contribution in [2.45, 2.75) is 39.4 Å².